The number of nitrogens with zero attached hydrogens (tertiary/aromatic N) is 1. The van der Waals surface area contributed by atoms with Crippen molar-refractivity contribution in [1.82, 2.24) is 10.2 Å². The van der Waals surface area contributed by atoms with Crippen molar-refractivity contribution >= 4 is 5.91 Å². The summed E-state index contributed by atoms with van der Waals surface area (Å²) in [6.45, 7) is 3.27. The third-order valence-electron chi connectivity index (χ3n) is 4.87. The molecule has 0 aliphatic carbocycles. The van der Waals surface area contributed by atoms with Gasteiger partial charge in [-0.05, 0) is 43.0 Å². The van der Waals surface area contributed by atoms with Crippen LogP contribution >= 0.6 is 0 Å². The van der Waals surface area contributed by atoms with Gasteiger partial charge in [-0.3, -0.25) is 4.79 Å². The average molecular weight is 318 g/mol. The van der Waals surface area contributed by atoms with Gasteiger partial charge in [0.2, 0.25) is 5.91 Å². The van der Waals surface area contributed by atoms with Crippen LogP contribution in [-0.2, 0) is 17.6 Å². The van der Waals surface area contributed by atoms with Crippen molar-refractivity contribution in [3.05, 3.63) is 29.3 Å². The molecule has 1 atom stereocenters. The number of amides is 1. The average Bonchev–Trinajstić information content (AvgIpc) is 3.00. The van der Waals surface area contributed by atoms with Gasteiger partial charge in [0.05, 0.1) is 18.6 Å². The molecule has 1 unspecified atom stereocenters. The fraction of sp³-hybridized carbons (Fsp3) is 0.611. The largest absolute Gasteiger partial charge is 0.493 e. The number of carbonyl (C=O) groups is 1. The fourth-order valence-corrected chi connectivity index (χ4v) is 3.61. The molecule has 2 aliphatic rings. The molecule has 5 nitrogen and oxygen atoms in total. The van der Waals surface area contributed by atoms with E-state index >= 15 is 0 Å². The Kier molecular flexibility index (Phi) is 4.87. The highest BCUT2D eigenvalue weighted by Crippen LogP contribution is 2.27. The zero-order valence-corrected chi connectivity index (χ0v) is 13.8. The van der Waals surface area contributed by atoms with Crippen LogP contribution in [0.25, 0.3) is 0 Å². The lowest BCUT2D eigenvalue weighted by Crippen LogP contribution is -2.50. The molecule has 5 heteroatoms. The molecule has 0 spiro atoms. The Morgan fingerprint density at radius 3 is 3.17 bits per heavy atom. The number of likely N-dealkylation sites (tertiary alicyclic amines) is 1. The lowest BCUT2D eigenvalue weighted by Gasteiger charge is -2.38. The monoisotopic (exact) mass is 318 g/mol. The fourth-order valence-electron chi connectivity index (χ4n) is 3.61. The number of nitrogens with one attached hydrogen (secondary N) is 1. The van der Waals surface area contributed by atoms with Crippen molar-refractivity contribution in [2.75, 3.05) is 33.3 Å². The molecule has 2 N–H and O–H groups in total. The van der Waals surface area contributed by atoms with Crippen LogP contribution in [0.5, 0.6) is 5.75 Å². The topological polar surface area (TPSA) is 61.8 Å². The number of ether oxygens (including phenoxy) is 1. The first-order valence-corrected chi connectivity index (χ1v) is 8.48. The maximum absolute atomic E-state index is 11.6. The molecule has 126 valence electrons. The summed E-state index contributed by atoms with van der Waals surface area (Å²) in [4.78, 5) is 13.9. The Labute approximate surface area is 137 Å². The van der Waals surface area contributed by atoms with Gasteiger partial charge < -0.3 is 20.1 Å². The second kappa shape index (κ2) is 6.89. The first-order chi connectivity index (χ1) is 11.1. The smallest absolute Gasteiger partial charge is 0.222 e. The predicted molar refractivity (Wildman–Crippen MR) is 88.7 cm³/mol. The summed E-state index contributed by atoms with van der Waals surface area (Å²) in [7, 11) is 1.61. The number of benzene rings is 1. The van der Waals surface area contributed by atoms with Gasteiger partial charge in [-0.15, -0.1) is 0 Å². The summed E-state index contributed by atoms with van der Waals surface area (Å²) in [6.07, 6.45) is 3.79. The summed E-state index contributed by atoms with van der Waals surface area (Å²) in [6, 6.07) is 6.43. The van der Waals surface area contributed by atoms with Gasteiger partial charge in [-0.25, -0.2) is 0 Å². The normalized spacial score (nSPS) is 24.1. The van der Waals surface area contributed by atoms with E-state index in [-0.39, 0.29) is 12.3 Å². The zero-order valence-electron chi connectivity index (χ0n) is 13.8. The number of fused-ring (bicyclic) bond motifs is 1. The van der Waals surface area contributed by atoms with Gasteiger partial charge in [0.25, 0.3) is 0 Å². The van der Waals surface area contributed by atoms with Crippen molar-refractivity contribution in [2.24, 2.45) is 0 Å². The number of aliphatic hydroxyl groups is 1. The maximum Gasteiger partial charge on any atom is 0.222 e. The summed E-state index contributed by atoms with van der Waals surface area (Å²) in [5.74, 6) is 0.930. The van der Waals surface area contributed by atoms with Gasteiger partial charge in [-0.1, -0.05) is 12.1 Å². The quantitative estimate of drug-likeness (QED) is 0.854. The summed E-state index contributed by atoms with van der Waals surface area (Å²) >= 11 is 0. The predicted octanol–water partition coefficient (Wildman–Crippen LogP) is 1.13. The van der Waals surface area contributed by atoms with Crippen LogP contribution in [0.2, 0.25) is 0 Å². The lowest BCUT2D eigenvalue weighted by atomic mass is 9.89. The molecule has 0 bridgehead atoms. The van der Waals surface area contributed by atoms with E-state index in [1.54, 1.807) is 7.05 Å². The first kappa shape index (κ1) is 16.3. The third-order valence-corrected chi connectivity index (χ3v) is 4.87. The molecular weight excluding hydrogens is 292 g/mol. The molecule has 1 aromatic rings. The van der Waals surface area contributed by atoms with Gasteiger partial charge in [0.1, 0.15) is 5.75 Å². The van der Waals surface area contributed by atoms with Crippen molar-refractivity contribution in [3.63, 3.8) is 0 Å². The van der Waals surface area contributed by atoms with Crippen molar-refractivity contribution in [2.45, 2.75) is 37.7 Å². The van der Waals surface area contributed by atoms with E-state index in [1.807, 2.05) is 0 Å². The molecular formula is C18H26N2O3. The number of β-amino-alcohol motifs (C(OH)–C–C–N with tert-alkyl or cyclic N) is 1. The van der Waals surface area contributed by atoms with E-state index in [0.29, 0.717) is 13.0 Å². The van der Waals surface area contributed by atoms with Crippen LogP contribution in [0.15, 0.2) is 18.2 Å². The zero-order chi connectivity index (χ0) is 16.3. The Balaban J connectivity index is 1.54. The van der Waals surface area contributed by atoms with Gasteiger partial charge >= 0.3 is 0 Å². The van der Waals surface area contributed by atoms with Gasteiger partial charge in [-0.2, -0.15) is 0 Å². The molecule has 1 aromatic carbocycles. The summed E-state index contributed by atoms with van der Waals surface area (Å²) in [5.41, 5.74) is 1.73. The maximum atomic E-state index is 11.6. The number of hydrogen-bond acceptors (Lipinski definition) is 4. The van der Waals surface area contributed by atoms with E-state index in [1.165, 1.54) is 11.1 Å². The van der Waals surface area contributed by atoms with Crippen LogP contribution in [0.1, 0.15) is 30.4 Å². The highest BCUT2D eigenvalue weighted by molar-refractivity contribution is 5.76. The lowest BCUT2D eigenvalue weighted by molar-refractivity contribution is -0.128. The minimum Gasteiger partial charge on any atom is -0.493 e. The third kappa shape index (κ3) is 4.03. The second-order valence-electron chi connectivity index (χ2n) is 6.74. The molecule has 0 saturated carbocycles. The van der Waals surface area contributed by atoms with Crippen LogP contribution < -0.4 is 10.1 Å². The number of piperidine rings is 1. The Bertz CT molecular complexity index is 575. The number of hydrogen-bond donors (Lipinski definition) is 2. The Hall–Kier alpha value is -1.59. The van der Waals surface area contributed by atoms with Crippen LogP contribution in [0.4, 0.5) is 0 Å². The number of carbonyl (C=O) groups excluding carboxylic acids is 1. The SMILES string of the molecule is CNC(=O)CC1(O)CCCN(CCc2ccc3c(c2)CCO3)C1. The van der Waals surface area contributed by atoms with Crippen LogP contribution in [-0.4, -0.2) is 54.8 Å². The minimum absolute atomic E-state index is 0.0898. The van der Waals surface area contributed by atoms with E-state index in [2.05, 4.69) is 28.4 Å². The first-order valence-electron chi connectivity index (χ1n) is 8.48. The van der Waals surface area contributed by atoms with Crippen LogP contribution in [0.3, 0.4) is 0 Å². The molecule has 2 aliphatic heterocycles. The van der Waals surface area contributed by atoms with Crippen molar-refractivity contribution < 1.29 is 14.6 Å². The highest BCUT2D eigenvalue weighted by Gasteiger charge is 2.34. The van der Waals surface area contributed by atoms with Crippen molar-refractivity contribution in [3.8, 4) is 5.75 Å². The standard InChI is InChI=1S/C18H26N2O3/c1-19-17(21)12-18(22)7-2-8-20(13-18)9-5-14-3-4-16-15(11-14)6-10-23-16/h3-4,11,22H,2,5-10,12-13H2,1H3,(H,19,21). The molecule has 1 amide bonds. The molecule has 23 heavy (non-hydrogen) atoms. The molecule has 1 fully saturated rings. The van der Waals surface area contributed by atoms with E-state index in [9.17, 15) is 9.90 Å². The second-order valence-corrected chi connectivity index (χ2v) is 6.74. The minimum atomic E-state index is -0.885. The Morgan fingerprint density at radius 1 is 1.48 bits per heavy atom. The van der Waals surface area contributed by atoms with E-state index in [0.717, 1.165) is 44.7 Å². The molecule has 0 radical (unpaired) electrons. The highest BCUT2D eigenvalue weighted by atomic mass is 16.5. The van der Waals surface area contributed by atoms with Gasteiger partial charge in [0, 0.05) is 26.6 Å². The Morgan fingerprint density at radius 2 is 2.35 bits per heavy atom. The van der Waals surface area contributed by atoms with Gasteiger partial charge in [0.15, 0.2) is 0 Å². The summed E-state index contributed by atoms with van der Waals surface area (Å²) in [5, 5.41) is 13.3. The van der Waals surface area contributed by atoms with Crippen molar-refractivity contribution in [1.29, 1.82) is 0 Å². The number of rotatable bonds is 5. The molecule has 0 aromatic heterocycles. The molecule has 2 heterocycles. The van der Waals surface area contributed by atoms with E-state index < -0.39 is 5.60 Å². The molecule has 3 rings (SSSR count). The van der Waals surface area contributed by atoms with Crippen LogP contribution in [0, 0.1) is 0 Å². The summed E-state index contributed by atoms with van der Waals surface area (Å²) < 4.78 is 5.54. The van der Waals surface area contributed by atoms with E-state index in [4.69, 9.17) is 4.74 Å². The molecule has 1 saturated heterocycles.